The zero-order valence-corrected chi connectivity index (χ0v) is 8.44. The van der Waals surface area contributed by atoms with Crippen molar-refractivity contribution in [2.75, 3.05) is 19.6 Å². The summed E-state index contributed by atoms with van der Waals surface area (Å²) in [6.45, 7) is 4.31. The second-order valence-electron chi connectivity index (χ2n) is 3.94. The molecule has 2 atom stereocenters. The summed E-state index contributed by atoms with van der Waals surface area (Å²) >= 11 is 0. The summed E-state index contributed by atoms with van der Waals surface area (Å²) in [5, 5.41) is 17.3. The van der Waals surface area contributed by atoms with E-state index in [9.17, 15) is 4.79 Å². The fourth-order valence-corrected chi connectivity index (χ4v) is 1.95. The second kappa shape index (κ2) is 4.97. The Morgan fingerprint density at radius 3 is 2.86 bits per heavy atom. The standard InChI is InChI=1S/C10H16N2O2/c1-8-6-12(5-3-2-4-11)7-9(8)10(13)14/h8-9H,2-3,5-7H2,1H3,(H,13,14). The lowest BCUT2D eigenvalue weighted by Crippen LogP contribution is -2.24. The number of nitriles is 1. The predicted molar refractivity (Wildman–Crippen MR) is 51.6 cm³/mol. The molecular weight excluding hydrogens is 180 g/mol. The molecule has 78 valence electrons. The molecule has 14 heavy (non-hydrogen) atoms. The van der Waals surface area contributed by atoms with E-state index in [0.29, 0.717) is 13.0 Å². The largest absolute Gasteiger partial charge is 0.481 e. The van der Waals surface area contributed by atoms with Crippen molar-refractivity contribution < 1.29 is 9.90 Å². The van der Waals surface area contributed by atoms with Crippen LogP contribution in [0.5, 0.6) is 0 Å². The van der Waals surface area contributed by atoms with E-state index in [1.165, 1.54) is 0 Å². The van der Waals surface area contributed by atoms with E-state index < -0.39 is 5.97 Å². The summed E-state index contributed by atoms with van der Waals surface area (Å²) < 4.78 is 0. The van der Waals surface area contributed by atoms with E-state index in [1.54, 1.807) is 0 Å². The molecule has 1 aliphatic rings. The molecule has 1 saturated heterocycles. The van der Waals surface area contributed by atoms with Crippen LogP contribution in [0.25, 0.3) is 0 Å². The molecule has 0 aliphatic carbocycles. The molecule has 1 fully saturated rings. The van der Waals surface area contributed by atoms with E-state index in [-0.39, 0.29) is 11.8 Å². The maximum Gasteiger partial charge on any atom is 0.308 e. The third kappa shape index (κ3) is 2.71. The molecule has 1 rings (SSSR count). The highest BCUT2D eigenvalue weighted by Crippen LogP contribution is 2.23. The first kappa shape index (κ1) is 11.0. The van der Waals surface area contributed by atoms with Crippen LogP contribution in [0.1, 0.15) is 19.8 Å². The first-order valence-corrected chi connectivity index (χ1v) is 4.97. The lowest BCUT2D eigenvalue weighted by molar-refractivity contribution is -0.142. The molecule has 0 aromatic carbocycles. The summed E-state index contributed by atoms with van der Waals surface area (Å²) in [7, 11) is 0. The average molecular weight is 196 g/mol. The van der Waals surface area contributed by atoms with Crippen molar-refractivity contribution in [2.45, 2.75) is 19.8 Å². The Labute approximate surface area is 84.1 Å². The number of hydrogen-bond donors (Lipinski definition) is 1. The van der Waals surface area contributed by atoms with Crippen molar-refractivity contribution in [1.29, 1.82) is 5.26 Å². The Kier molecular flexibility index (Phi) is 3.90. The predicted octanol–water partition coefficient (Wildman–Crippen LogP) is 0.943. The van der Waals surface area contributed by atoms with Crippen molar-refractivity contribution in [3.05, 3.63) is 0 Å². The van der Waals surface area contributed by atoms with Gasteiger partial charge in [-0.1, -0.05) is 6.92 Å². The first-order valence-electron chi connectivity index (χ1n) is 4.97. The van der Waals surface area contributed by atoms with Gasteiger partial charge in [0.15, 0.2) is 0 Å². The number of nitrogens with zero attached hydrogens (tertiary/aromatic N) is 2. The zero-order chi connectivity index (χ0) is 10.6. The number of carboxylic acids is 1. The summed E-state index contributed by atoms with van der Waals surface area (Å²) in [5.74, 6) is -0.688. The Morgan fingerprint density at radius 2 is 2.36 bits per heavy atom. The maximum absolute atomic E-state index is 10.8. The minimum Gasteiger partial charge on any atom is -0.481 e. The number of hydrogen-bond acceptors (Lipinski definition) is 3. The lowest BCUT2D eigenvalue weighted by Gasteiger charge is -2.13. The van der Waals surface area contributed by atoms with Crippen LogP contribution in [0.4, 0.5) is 0 Å². The van der Waals surface area contributed by atoms with E-state index in [4.69, 9.17) is 10.4 Å². The fraction of sp³-hybridized carbons (Fsp3) is 0.800. The molecule has 1 heterocycles. The molecule has 4 heteroatoms. The highest BCUT2D eigenvalue weighted by Gasteiger charge is 2.33. The highest BCUT2D eigenvalue weighted by atomic mass is 16.4. The van der Waals surface area contributed by atoms with Crippen molar-refractivity contribution in [3.63, 3.8) is 0 Å². The third-order valence-corrected chi connectivity index (χ3v) is 2.77. The van der Waals surface area contributed by atoms with Gasteiger partial charge < -0.3 is 10.0 Å². The topological polar surface area (TPSA) is 64.3 Å². The van der Waals surface area contributed by atoms with Gasteiger partial charge in [-0.3, -0.25) is 4.79 Å². The molecule has 2 unspecified atom stereocenters. The average Bonchev–Trinajstić information content (AvgIpc) is 2.47. The molecule has 0 amide bonds. The fourth-order valence-electron chi connectivity index (χ4n) is 1.95. The van der Waals surface area contributed by atoms with Gasteiger partial charge in [-0.15, -0.1) is 0 Å². The first-order chi connectivity index (χ1) is 6.65. The van der Waals surface area contributed by atoms with Crippen LogP contribution in [-0.2, 0) is 4.79 Å². The molecule has 0 radical (unpaired) electrons. The van der Waals surface area contributed by atoms with Crippen molar-refractivity contribution in [2.24, 2.45) is 11.8 Å². The monoisotopic (exact) mass is 196 g/mol. The van der Waals surface area contributed by atoms with Gasteiger partial charge in [0, 0.05) is 19.5 Å². The number of rotatable bonds is 4. The van der Waals surface area contributed by atoms with E-state index in [1.807, 2.05) is 6.92 Å². The van der Waals surface area contributed by atoms with Gasteiger partial charge in [-0.25, -0.2) is 0 Å². The van der Waals surface area contributed by atoms with Gasteiger partial charge in [-0.05, 0) is 18.9 Å². The lowest BCUT2D eigenvalue weighted by atomic mass is 9.99. The van der Waals surface area contributed by atoms with Crippen molar-refractivity contribution in [3.8, 4) is 6.07 Å². The molecule has 1 aliphatic heterocycles. The van der Waals surface area contributed by atoms with Gasteiger partial charge in [0.05, 0.1) is 12.0 Å². The SMILES string of the molecule is CC1CN(CCCC#N)CC1C(=O)O. The van der Waals surface area contributed by atoms with Crippen LogP contribution in [0.3, 0.4) is 0 Å². The molecule has 0 spiro atoms. The quantitative estimate of drug-likeness (QED) is 0.680. The van der Waals surface area contributed by atoms with Gasteiger partial charge in [0.25, 0.3) is 0 Å². The third-order valence-electron chi connectivity index (χ3n) is 2.77. The molecule has 0 aromatic rings. The van der Waals surface area contributed by atoms with Crippen LogP contribution in [0.15, 0.2) is 0 Å². The summed E-state index contributed by atoms with van der Waals surface area (Å²) in [6, 6.07) is 2.09. The highest BCUT2D eigenvalue weighted by molar-refractivity contribution is 5.71. The smallest absolute Gasteiger partial charge is 0.308 e. The van der Waals surface area contributed by atoms with Gasteiger partial charge in [0.1, 0.15) is 0 Å². The molecule has 0 aromatic heterocycles. The molecule has 4 nitrogen and oxygen atoms in total. The Bertz CT molecular complexity index is 247. The van der Waals surface area contributed by atoms with E-state index in [2.05, 4.69) is 11.0 Å². The Balaban J connectivity index is 2.32. The van der Waals surface area contributed by atoms with Crippen LogP contribution >= 0.6 is 0 Å². The van der Waals surface area contributed by atoms with Gasteiger partial charge >= 0.3 is 5.97 Å². The summed E-state index contributed by atoms with van der Waals surface area (Å²) in [5.41, 5.74) is 0. The van der Waals surface area contributed by atoms with E-state index >= 15 is 0 Å². The number of aliphatic carboxylic acids is 1. The van der Waals surface area contributed by atoms with E-state index in [0.717, 1.165) is 19.5 Å². The molecule has 0 bridgehead atoms. The molecular formula is C10H16N2O2. The number of unbranched alkanes of at least 4 members (excludes halogenated alkanes) is 1. The van der Waals surface area contributed by atoms with Crippen LogP contribution in [-0.4, -0.2) is 35.6 Å². The summed E-state index contributed by atoms with van der Waals surface area (Å²) in [4.78, 5) is 12.9. The van der Waals surface area contributed by atoms with Crippen molar-refractivity contribution >= 4 is 5.97 Å². The van der Waals surface area contributed by atoms with Gasteiger partial charge in [-0.2, -0.15) is 5.26 Å². The van der Waals surface area contributed by atoms with Crippen LogP contribution in [0, 0.1) is 23.2 Å². The van der Waals surface area contributed by atoms with Crippen LogP contribution < -0.4 is 0 Å². The minimum atomic E-state index is -0.694. The molecule has 1 N–H and O–H groups in total. The number of carbonyl (C=O) groups is 1. The summed E-state index contributed by atoms with van der Waals surface area (Å²) in [6.07, 6.45) is 1.40. The number of likely N-dealkylation sites (tertiary alicyclic amines) is 1. The normalized spacial score (nSPS) is 27.4. The maximum atomic E-state index is 10.8. The second-order valence-corrected chi connectivity index (χ2v) is 3.94. The van der Waals surface area contributed by atoms with Crippen molar-refractivity contribution in [1.82, 2.24) is 4.90 Å². The number of carboxylic acid groups (broad SMARTS) is 1. The van der Waals surface area contributed by atoms with Crippen LogP contribution in [0.2, 0.25) is 0 Å². The Morgan fingerprint density at radius 1 is 1.64 bits per heavy atom. The zero-order valence-electron chi connectivity index (χ0n) is 8.44. The Hall–Kier alpha value is -1.08. The van der Waals surface area contributed by atoms with Gasteiger partial charge in [0.2, 0.25) is 0 Å². The minimum absolute atomic E-state index is 0.225. The molecule has 0 saturated carbocycles.